The number of anilines is 1. The van der Waals surface area contributed by atoms with Crippen molar-refractivity contribution in [2.75, 3.05) is 5.32 Å². The van der Waals surface area contributed by atoms with Crippen LogP contribution in [-0.4, -0.2) is 35.4 Å². The number of para-hydroxylation sites is 1. The number of nitrogens with zero attached hydrogens (tertiary/aromatic N) is 6. The van der Waals surface area contributed by atoms with Crippen molar-refractivity contribution in [3.8, 4) is 11.3 Å². The first-order valence-electron chi connectivity index (χ1n) is 11.0. The van der Waals surface area contributed by atoms with Crippen molar-refractivity contribution in [3.05, 3.63) is 87.9 Å². The van der Waals surface area contributed by atoms with Crippen molar-refractivity contribution in [1.82, 2.24) is 29.5 Å². The maximum Gasteiger partial charge on any atom is 0.258 e. The van der Waals surface area contributed by atoms with Gasteiger partial charge in [-0.1, -0.05) is 47.5 Å². The highest BCUT2D eigenvalue weighted by atomic mass is 35.5. The molecule has 5 rings (SSSR count). The first kappa shape index (κ1) is 23.0. The van der Waals surface area contributed by atoms with E-state index in [0.29, 0.717) is 27.8 Å². The number of hydrogen-bond acceptors (Lipinski definition) is 5. The van der Waals surface area contributed by atoms with Crippen LogP contribution in [0.2, 0.25) is 10.0 Å². The summed E-state index contributed by atoms with van der Waals surface area (Å²) in [5, 5.41) is 13.3. The minimum atomic E-state index is -0.322. The Morgan fingerprint density at radius 3 is 2.69 bits per heavy atom. The molecule has 0 aliphatic carbocycles. The summed E-state index contributed by atoms with van der Waals surface area (Å²) in [5.41, 5.74) is 4.67. The summed E-state index contributed by atoms with van der Waals surface area (Å²) < 4.78 is 3.52. The van der Waals surface area contributed by atoms with Crippen molar-refractivity contribution < 1.29 is 4.79 Å². The molecular formula is C25H21Cl2N7O. The van der Waals surface area contributed by atoms with E-state index in [1.165, 1.54) is 0 Å². The van der Waals surface area contributed by atoms with Crippen LogP contribution in [0.3, 0.4) is 0 Å². The van der Waals surface area contributed by atoms with Gasteiger partial charge >= 0.3 is 0 Å². The Morgan fingerprint density at radius 2 is 1.91 bits per heavy atom. The van der Waals surface area contributed by atoms with Crippen LogP contribution in [0.5, 0.6) is 0 Å². The lowest BCUT2D eigenvalue weighted by Gasteiger charge is -2.09. The number of fused-ring (bicyclic) bond motifs is 1. The van der Waals surface area contributed by atoms with Crippen LogP contribution in [0, 0.1) is 6.92 Å². The van der Waals surface area contributed by atoms with Crippen molar-refractivity contribution in [2.45, 2.75) is 26.9 Å². The second-order valence-electron chi connectivity index (χ2n) is 8.00. The van der Waals surface area contributed by atoms with Gasteiger partial charge in [0.1, 0.15) is 6.33 Å². The minimum Gasteiger partial charge on any atom is -0.289 e. The summed E-state index contributed by atoms with van der Waals surface area (Å²) in [6.45, 7) is 5.21. The molecule has 3 aromatic heterocycles. The van der Waals surface area contributed by atoms with Gasteiger partial charge < -0.3 is 0 Å². The molecular weight excluding hydrogens is 485 g/mol. The molecule has 0 aliphatic heterocycles. The topological polar surface area (TPSA) is 90.5 Å². The number of halogens is 2. The molecule has 3 heterocycles. The summed E-state index contributed by atoms with van der Waals surface area (Å²) in [6.07, 6.45) is 3.33. The molecule has 1 amide bonds. The lowest BCUT2D eigenvalue weighted by atomic mass is 10.0. The Morgan fingerprint density at radius 1 is 1.09 bits per heavy atom. The molecule has 1 N–H and O–H groups in total. The van der Waals surface area contributed by atoms with E-state index in [1.54, 1.807) is 35.4 Å². The van der Waals surface area contributed by atoms with Crippen LogP contribution in [0.4, 0.5) is 5.95 Å². The van der Waals surface area contributed by atoms with Crippen LogP contribution < -0.4 is 5.32 Å². The summed E-state index contributed by atoms with van der Waals surface area (Å²) in [7, 11) is 0. The summed E-state index contributed by atoms with van der Waals surface area (Å²) in [5.74, 6) is -0.120. The van der Waals surface area contributed by atoms with Gasteiger partial charge in [-0.25, -0.2) is 14.6 Å². The maximum atomic E-state index is 13.3. The third kappa shape index (κ3) is 4.62. The predicted octanol–water partition coefficient (Wildman–Crippen LogP) is 5.63. The van der Waals surface area contributed by atoms with Crippen molar-refractivity contribution in [1.29, 1.82) is 0 Å². The van der Waals surface area contributed by atoms with Gasteiger partial charge in [-0.15, -0.1) is 5.10 Å². The fourth-order valence-corrected chi connectivity index (χ4v) is 4.26. The average molecular weight is 506 g/mol. The molecule has 0 atom stereocenters. The quantitative estimate of drug-likeness (QED) is 0.323. The number of carbonyl (C=O) groups excluding carboxylic acids is 1. The molecule has 0 unspecified atom stereocenters. The van der Waals surface area contributed by atoms with Gasteiger partial charge in [0.15, 0.2) is 0 Å². The smallest absolute Gasteiger partial charge is 0.258 e. The third-order valence-electron chi connectivity index (χ3n) is 5.73. The third-order valence-corrected chi connectivity index (χ3v) is 6.47. The molecule has 8 nitrogen and oxygen atoms in total. The van der Waals surface area contributed by atoms with Gasteiger partial charge in [0.05, 0.1) is 39.6 Å². The highest BCUT2D eigenvalue weighted by molar-refractivity contribution is 6.42. The molecule has 0 radical (unpaired) electrons. The minimum absolute atomic E-state index is 0.201. The summed E-state index contributed by atoms with van der Waals surface area (Å²) in [6, 6.07) is 14.7. The van der Waals surface area contributed by atoms with Crippen molar-refractivity contribution in [3.63, 3.8) is 0 Å². The summed E-state index contributed by atoms with van der Waals surface area (Å²) in [4.78, 5) is 22.3. The molecule has 0 spiro atoms. The number of nitrogens with one attached hydrogen (secondary N) is 1. The van der Waals surface area contributed by atoms with Gasteiger partial charge in [-0.2, -0.15) is 5.10 Å². The van der Waals surface area contributed by atoms with Crippen LogP contribution in [-0.2, 0) is 13.1 Å². The first-order chi connectivity index (χ1) is 16.9. The fourth-order valence-electron chi connectivity index (χ4n) is 3.94. The highest BCUT2D eigenvalue weighted by Gasteiger charge is 2.18. The van der Waals surface area contributed by atoms with Gasteiger partial charge in [-0.3, -0.25) is 14.8 Å². The lowest BCUT2D eigenvalue weighted by Crippen LogP contribution is -2.14. The highest BCUT2D eigenvalue weighted by Crippen LogP contribution is 2.27. The van der Waals surface area contributed by atoms with Gasteiger partial charge in [0, 0.05) is 23.2 Å². The number of aromatic nitrogens is 6. The van der Waals surface area contributed by atoms with E-state index in [1.807, 2.05) is 48.9 Å². The second-order valence-corrected chi connectivity index (χ2v) is 8.81. The molecule has 35 heavy (non-hydrogen) atoms. The number of pyridine rings is 1. The number of amides is 1. The monoisotopic (exact) mass is 505 g/mol. The van der Waals surface area contributed by atoms with E-state index >= 15 is 0 Å². The zero-order valence-corrected chi connectivity index (χ0v) is 20.5. The largest absolute Gasteiger partial charge is 0.289 e. The van der Waals surface area contributed by atoms with Crippen LogP contribution >= 0.6 is 23.2 Å². The number of rotatable bonds is 6. The van der Waals surface area contributed by atoms with Crippen molar-refractivity contribution >= 4 is 46.0 Å². The Kier molecular flexibility index (Phi) is 6.23. The Hall–Kier alpha value is -3.75. The number of hydrogen-bond donors (Lipinski definition) is 1. The molecule has 2 aromatic carbocycles. The Balaban J connectivity index is 1.44. The van der Waals surface area contributed by atoms with Crippen LogP contribution in [0.15, 0.2) is 61.1 Å². The van der Waals surface area contributed by atoms with Gasteiger partial charge in [0.2, 0.25) is 5.95 Å². The molecule has 0 fully saturated rings. The molecule has 0 saturated heterocycles. The van der Waals surface area contributed by atoms with E-state index in [9.17, 15) is 4.79 Å². The molecule has 0 saturated carbocycles. The zero-order valence-electron chi connectivity index (χ0n) is 19.0. The van der Waals surface area contributed by atoms with Gasteiger partial charge in [-0.05, 0) is 43.7 Å². The first-order valence-corrected chi connectivity index (χ1v) is 11.8. The SMILES string of the molecule is CCn1ncc(-c2cc(C(=O)Nc3ncn(Cc4ccc(Cl)c(Cl)c4)n3)c3ccccc3n2)c1C. The summed E-state index contributed by atoms with van der Waals surface area (Å²) >= 11 is 12.1. The average Bonchev–Trinajstić information content (AvgIpc) is 3.46. The second kappa shape index (κ2) is 9.48. The van der Waals surface area contributed by atoms with Crippen LogP contribution in [0.25, 0.3) is 22.2 Å². The molecule has 176 valence electrons. The van der Waals surface area contributed by atoms with E-state index in [-0.39, 0.29) is 11.9 Å². The van der Waals surface area contributed by atoms with Crippen molar-refractivity contribution in [2.24, 2.45) is 0 Å². The number of benzene rings is 2. The maximum absolute atomic E-state index is 13.3. The predicted molar refractivity (Wildman–Crippen MR) is 137 cm³/mol. The number of aryl methyl sites for hydroxylation is 1. The normalized spacial score (nSPS) is 11.2. The Bertz CT molecular complexity index is 1560. The number of carbonyl (C=O) groups is 1. The Labute approximate surface area is 211 Å². The molecule has 0 bridgehead atoms. The van der Waals surface area contributed by atoms with E-state index in [0.717, 1.165) is 34.3 Å². The van der Waals surface area contributed by atoms with E-state index < -0.39 is 0 Å². The molecule has 5 aromatic rings. The lowest BCUT2D eigenvalue weighted by molar-refractivity contribution is 0.102. The standard InChI is InChI=1S/C25H21Cl2N7O/c1-3-34-15(2)19(12-29-34)23-11-18(17-6-4-5-7-22(17)30-23)24(35)31-25-28-14-33(32-25)13-16-8-9-20(26)21(27)10-16/h4-12,14H,3,13H2,1-2H3,(H,31,32,35). The molecule has 0 aliphatic rings. The zero-order chi connectivity index (χ0) is 24.5. The fraction of sp³-hybridized carbons (Fsp3) is 0.160. The van der Waals surface area contributed by atoms with E-state index in [2.05, 4.69) is 20.5 Å². The van der Waals surface area contributed by atoms with E-state index in [4.69, 9.17) is 28.2 Å². The molecule has 10 heteroatoms. The van der Waals surface area contributed by atoms with Crippen LogP contribution in [0.1, 0.15) is 28.5 Å². The van der Waals surface area contributed by atoms with Gasteiger partial charge in [0.25, 0.3) is 5.91 Å².